The molecular weight excluding hydrogens is 398 g/mol. The van der Waals surface area contributed by atoms with Gasteiger partial charge in [-0.05, 0) is 36.4 Å². The number of hydrazone groups is 1. The number of aromatic nitrogens is 1. The van der Waals surface area contributed by atoms with Gasteiger partial charge in [-0.2, -0.15) is 5.10 Å². The highest BCUT2D eigenvalue weighted by molar-refractivity contribution is 5.88. The second kappa shape index (κ2) is 8.91. The van der Waals surface area contributed by atoms with Crippen LogP contribution >= 0.6 is 0 Å². The molecule has 8 heteroatoms. The van der Waals surface area contributed by atoms with E-state index in [1.165, 1.54) is 18.3 Å². The lowest BCUT2D eigenvalue weighted by Gasteiger charge is -2.07. The van der Waals surface area contributed by atoms with Crippen LogP contribution in [0.4, 0.5) is 0 Å². The highest BCUT2D eigenvalue weighted by Crippen LogP contribution is 2.23. The van der Waals surface area contributed by atoms with Gasteiger partial charge in [0.05, 0.1) is 11.8 Å². The molecule has 1 amide bonds. The molecule has 0 saturated heterocycles. The maximum atomic E-state index is 12.0. The fraction of sp³-hybridized carbons (Fsp3) is 0.0435. The first kappa shape index (κ1) is 19.8. The van der Waals surface area contributed by atoms with Crippen LogP contribution in [-0.4, -0.2) is 34.8 Å². The Labute approximate surface area is 176 Å². The van der Waals surface area contributed by atoms with Crippen molar-refractivity contribution in [1.82, 2.24) is 10.4 Å². The van der Waals surface area contributed by atoms with Gasteiger partial charge in [0.25, 0.3) is 5.91 Å². The average Bonchev–Trinajstić information content (AvgIpc) is 3.26. The quantitative estimate of drug-likeness (QED) is 0.351. The number of carboxylic acid groups (broad SMARTS) is 1. The van der Waals surface area contributed by atoms with Crippen molar-refractivity contribution in [2.75, 3.05) is 6.61 Å². The van der Waals surface area contributed by atoms with E-state index in [1.807, 2.05) is 24.3 Å². The van der Waals surface area contributed by atoms with E-state index >= 15 is 0 Å². The summed E-state index contributed by atoms with van der Waals surface area (Å²) in [4.78, 5) is 27.2. The average molecular weight is 415 g/mol. The lowest BCUT2D eigenvalue weighted by molar-refractivity contribution is -0.123. The minimum absolute atomic E-state index is 0.196. The Morgan fingerprint density at radius 3 is 2.68 bits per heavy atom. The Morgan fingerprint density at radius 2 is 1.87 bits per heavy atom. The normalized spacial score (nSPS) is 11.0. The molecule has 0 bridgehead atoms. The van der Waals surface area contributed by atoms with Gasteiger partial charge in [0.15, 0.2) is 6.61 Å². The zero-order valence-electron chi connectivity index (χ0n) is 16.2. The third-order valence-corrected chi connectivity index (χ3v) is 4.38. The van der Waals surface area contributed by atoms with E-state index in [9.17, 15) is 9.59 Å². The van der Waals surface area contributed by atoms with Crippen LogP contribution in [0.15, 0.2) is 82.4 Å². The number of furan rings is 1. The number of ether oxygens (including phenoxy) is 1. The minimum atomic E-state index is -0.991. The topological polar surface area (TPSA) is 114 Å². The van der Waals surface area contributed by atoms with Crippen LogP contribution < -0.4 is 10.2 Å². The van der Waals surface area contributed by atoms with Crippen molar-refractivity contribution >= 4 is 29.0 Å². The zero-order chi connectivity index (χ0) is 21.6. The number of carbonyl (C=O) groups is 2. The fourth-order valence-corrected chi connectivity index (χ4v) is 2.89. The van der Waals surface area contributed by atoms with Gasteiger partial charge in [-0.25, -0.2) is 10.2 Å². The molecule has 0 radical (unpaired) electrons. The second-order valence-electron chi connectivity index (χ2n) is 6.50. The van der Waals surface area contributed by atoms with Crippen LogP contribution in [0.5, 0.6) is 5.75 Å². The summed E-state index contributed by atoms with van der Waals surface area (Å²) in [5, 5.41) is 13.7. The monoisotopic (exact) mass is 415 g/mol. The predicted molar refractivity (Wildman–Crippen MR) is 114 cm³/mol. The number of hydrogen-bond donors (Lipinski definition) is 2. The van der Waals surface area contributed by atoms with Gasteiger partial charge in [-0.1, -0.05) is 30.3 Å². The molecule has 0 fully saturated rings. The molecule has 2 aromatic carbocycles. The van der Waals surface area contributed by atoms with Crippen LogP contribution in [0.3, 0.4) is 0 Å². The van der Waals surface area contributed by atoms with Crippen LogP contribution in [0.25, 0.3) is 22.2 Å². The van der Waals surface area contributed by atoms with E-state index in [2.05, 4.69) is 15.5 Å². The Balaban J connectivity index is 1.32. The summed E-state index contributed by atoms with van der Waals surface area (Å²) in [6.45, 7) is -0.216. The van der Waals surface area contributed by atoms with Crippen LogP contribution in [0.2, 0.25) is 0 Å². The molecule has 0 aliphatic heterocycles. The van der Waals surface area contributed by atoms with Crippen molar-refractivity contribution in [2.24, 2.45) is 5.10 Å². The van der Waals surface area contributed by atoms with Gasteiger partial charge < -0.3 is 14.3 Å². The summed E-state index contributed by atoms with van der Waals surface area (Å²) in [5.74, 6) is 0.0746. The molecule has 8 nitrogen and oxygen atoms in total. The number of nitrogens with one attached hydrogen (secondary N) is 1. The Kier molecular flexibility index (Phi) is 5.70. The van der Waals surface area contributed by atoms with E-state index in [0.29, 0.717) is 22.8 Å². The van der Waals surface area contributed by atoms with Crippen molar-refractivity contribution in [3.8, 4) is 17.1 Å². The van der Waals surface area contributed by atoms with Gasteiger partial charge in [-0.15, -0.1) is 0 Å². The Bertz CT molecular complexity index is 1260. The molecule has 0 aliphatic rings. The molecule has 2 heterocycles. The Hall–Kier alpha value is -4.46. The molecule has 0 atom stereocenters. The SMILES string of the molecule is O=C(COc1cccc2cccnc12)N/N=C\c1ccc(-c2ccc(C(=O)O)cc2)o1. The molecule has 0 aliphatic carbocycles. The summed E-state index contributed by atoms with van der Waals surface area (Å²) in [6.07, 6.45) is 3.03. The highest BCUT2D eigenvalue weighted by Gasteiger charge is 2.08. The summed E-state index contributed by atoms with van der Waals surface area (Å²) >= 11 is 0. The van der Waals surface area contributed by atoms with E-state index < -0.39 is 11.9 Å². The van der Waals surface area contributed by atoms with E-state index in [0.717, 1.165) is 10.9 Å². The van der Waals surface area contributed by atoms with Crippen molar-refractivity contribution in [1.29, 1.82) is 0 Å². The summed E-state index contributed by atoms with van der Waals surface area (Å²) < 4.78 is 11.2. The van der Waals surface area contributed by atoms with E-state index in [1.54, 1.807) is 36.5 Å². The lowest BCUT2D eigenvalue weighted by Crippen LogP contribution is -2.24. The standard InChI is InChI=1S/C23H17N3O5/c27-21(14-30-20-5-1-3-16-4-2-12-24-22(16)20)26-25-13-18-10-11-19(31-18)15-6-8-17(9-7-15)23(28)29/h1-13H,14H2,(H,26,27)(H,28,29)/b25-13-. The predicted octanol–water partition coefficient (Wildman–Crippen LogP) is 3.72. The smallest absolute Gasteiger partial charge is 0.335 e. The maximum absolute atomic E-state index is 12.0. The van der Waals surface area contributed by atoms with E-state index in [4.69, 9.17) is 14.3 Å². The van der Waals surface area contributed by atoms with Gasteiger partial charge >= 0.3 is 5.97 Å². The van der Waals surface area contributed by atoms with Crippen LogP contribution in [0.1, 0.15) is 16.1 Å². The van der Waals surface area contributed by atoms with Gasteiger partial charge in [0.2, 0.25) is 0 Å². The summed E-state index contributed by atoms with van der Waals surface area (Å²) in [6, 6.07) is 19.0. The fourth-order valence-electron chi connectivity index (χ4n) is 2.89. The summed E-state index contributed by atoms with van der Waals surface area (Å²) in [7, 11) is 0. The van der Waals surface area contributed by atoms with E-state index in [-0.39, 0.29) is 12.2 Å². The number of nitrogens with zero attached hydrogens (tertiary/aromatic N) is 2. The number of benzene rings is 2. The van der Waals surface area contributed by atoms with Crippen LogP contribution in [-0.2, 0) is 4.79 Å². The lowest BCUT2D eigenvalue weighted by atomic mass is 10.1. The number of pyridine rings is 1. The van der Waals surface area contributed by atoms with Gasteiger partial charge in [-0.3, -0.25) is 9.78 Å². The van der Waals surface area contributed by atoms with Gasteiger partial charge in [0, 0.05) is 17.1 Å². The Morgan fingerprint density at radius 1 is 1.06 bits per heavy atom. The number of hydrogen-bond acceptors (Lipinski definition) is 6. The molecule has 4 aromatic rings. The highest BCUT2D eigenvalue weighted by atomic mass is 16.5. The molecule has 31 heavy (non-hydrogen) atoms. The second-order valence-corrected chi connectivity index (χ2v) is 6.50. The first-order chi connectivity index (χ1) is 15.1. The number of carbonyl (C=O) groups excluding carboxylic acids is 1. The maximum Gasteiger partial charge on any atom is 0.335 e. The molecule has 4 rings (SSSR count). The molecule has 0 spiro atoms. The first-order valence-electron chi connectivity index (χ1n) is 9.32. The first-order valence-corrected chi connectivity index (χ1v) is 9.32. The number of rotatable bonds is 7. The number of carboxylic acids is 1. The van der Waals surface area contributed by atoms with Crippen molar-refractivity contribution in [3.63, 3.8) is 0 Å². The van der Waals surface area contributed by atoms with Crippen molar-refractivity contribution < 1.29 is 23.8 Å². The number of amides is 1. The number of fused-ring (bicyclic) bond motifs is 1. The zero-order valence-corrected chi connectivity index (χ0v) is 16.2. The van der Waals surface area contributed by atoms with Crippen molar-refractivity contribution in [3.05, 3.63) is 84.3 Å². The molecule has 154 valence electrons. The largest absolute Gasteiger partial charge is 0.481 e. The molecular formula is C23H17N3O5. The molecule has 2 N–H and O–H groups in total. The molecule has 2 aromatic heterocycles. The molecule has 0 unspecified atom stereocenters. The third-order valence-electron chi connectivity index (χ3n) is 4.38. The van der Waals surface area contributed by atoms with Crippen molar-refractivity contribution in [2.45, 2.75) is 0 Å². The van der Waals surface area contributed by atoms with Gasteiger partial charge in [0.1, 0.15) is 22.8 Å². The number of aromatic carboxylic acids is 1. The third kappa shape index (κ3) is 4.76. The van der Waals surface area contributed by atoms with Crippen LogP contribution in [0, 0.1) is 0 Å². The summed E-state index contributed by atoms with van der Waals surface area (Å²) in [5.41, 5.74) is 3.98. The molecule has 0 saturated carbocycles. The number of para-hydroxylation sites is 1. The minimum Gasteiger partial charge on any atom is -0.481 e.